The predicted molar refractivity (Wildman–Crippen MR) is 90.0 cm³/mol. The van der Waals surface area contributed by atoms with Crippen LogP contribution < -0.4 is 14.4 Å². The fraction of sp³-hybridized carbons (Fsp3) is 0.625. The predicted octanol–water partition coefficient (Wildman–Crippen LogP) is 2.24. The highest BCUT2D eigenvalue weighted by Crippen LogP contribution is 2.25. The van der Waals surface area contributed by atoms with E-state index in [4.69, 9.17) is 4.74 Å². The summed E-state index contributed by atoms with van der Waals surface area (Å²) < 4.78 is 31.6. The topological polar surface area (TPSA) is 58.6 Å². The molecular weight excluding hydrogens is 300 g/mol. The molecular formula is C16H26N2O3S. The lowest BCUT2D eigenvalue weighted by atomic mass is 10.1. The Morgan fingerprint density at radius 3 is 2.68 bits per heavy atom. The Morgan fingerprint density at radius 1 is 1.32 bits per heavy atom. The number of nitrogens with one attached hydrogen (secondary N) is 1. The molecule has 0 aliphatic carbocycles. The van der Waals surface area contributed by atoms with E-state index < -0.39 is 10.0 Å². The van der Waals surface area contributed by atoms with Gasteiger partial charge in [0.25, 0.3) is 0 Å². The standard InChI is InChI=1S/C16H26N2O3S/c1-3-4-11-22(19,20)17-12-14-9-10-18(13-14)15-5-7-16(21-2)8-6-15/h5-8,14,17H,3-4,9-13H2,1-2H3. The summed E-state index contributed by atoms with van der Waals surface area (Å²) in [4.78, 5) is 2.30. The minimum atomic E-state index is -3.11. The molecule has 0 radical (unpaired) electrons. The van der Waals surface area contributed by atoms with E-state index in [-0.39, 0.29) is 5.75 Å². The van der Waals surface area contributed by atoms with Crippen LogP contribution in [0.2, 0.25) is 0 Å². The van der Waals surface area contributed by atoms with Gasteiger partial charge in [0.1, 0.15) is 5.75 Å². The first-order valence-electron chi connectivity index (χ1n) is 7.90. The van der Waals surface area contributed by atoms with Crippen molar-refractivity contribution in [3.63, 3.8) is 0 Å². The highest BCUT2D eigenvalue weighted by Gasteiger charge is 2.24. The molecule has 1 aliphatic heterocycles. The van der Waals surface area contributed by atoms with Gasteiger partial charge in [0.2, 0.25) is 10.0 Å². The molecule has 0 saturated carbocycles. The van der Waals surface area contributed by atoms with Crippen molar-refractivity contribution < 1.29 is 13.2 Å². The molecule has 0 aromatic heterocycles. The minimum Gasteiger partial charge on any atom is -0.497 e. The van der Waals surface area contributed by atoms with Gasteiger partial charge in [0, 0.05) is 25.3 Å². The molecule has 1 aromatic carbocycles. The third-order valence-corrected chi connectivity index (χ3v) is 5.51. The maximum Gasteiger partial charge on any atom is 0.211 e. The molecule has 1 saturated heterocycles. The average molecular weight is 326 g/mol. The zero-order valence-corrected chi connectivity index (χ0v) is 14.2. The summed E-state index contributed by atoms with van der Waals surface area (Å²) in [5.41, 5.74) is 1.16. The number of rotatable bonds is 8. The molecule has 1 heterocycles. The second kappa shape index (κ2) is 7.83. The van der Waals surface area contributed by atoms with Crippen LogP contribution >= 0.6 is 0 Å². The maximum atomic E-state index is 11.8. The van der Waals surface area contributed by atoms with E-state index in [2.05, 4.69) is 9.62 Å². The van der Waals surface area contributed by atoms with E-state index in [0.29, 0.717) is 12.5 Å². The largest absolute Gasteiger partial charge is 0.497 e. The number of unbranched alkanes of at least 4 members (excludes halogenated alkanes) is 1. The summed E-state index contributed by atoms with van der Waals surface area (Å²) in [5.74, 6) is 1.46. The van der Waals surface area contributed by atoms with Gasteiger partial charge in [-0.15, -0.1) is 0 Å². The monoisotopic (exact) mass is 326 g/mol. The van der Waals surface area contributed by atoms with E-state index in [1.807, 2.05) is 31.2 Å². The lowest BCUT2D eigenvalue weighted by Crippen LogP contribution is -2.32. The van der Waals surface area contributed by atoms with E-state index >= 15 is 0 Å². The Kier molecular flexibility index (Phi) is 6.08. The van der Waals surface area contributed by atoms with Crippen LogP contribution in [-0.4, -0.2) is 40.9 Å². The minimum absolute atomic E-state index is 0.235. The zero-order chi connectivity index (χ0) is 16.0. The van der Waals surface area contributed by atoms with Crippen molar-refractivity contribution in [2.75, 3.05) is 37.4 Å². The van der Waals surface area contributed by atoms with Crippen molar-refractivity contribution in [2.24, 2.45) is 5.92 Å². The molecule has 1 aliphatic rings. The number of sulfonamides is 1. The Morgan fingerprint density at radius 2 is 2.05 bits per heavy atom. The first kappa shape index (κ1) is 17.1. The molecule has 0 bridgehead atoms. The molecule has 124 valence electrons. The van der Waals surface area contributed by atoms with Crippen molar-refractivity contribution >= 4 is 15.7 Å². The zero-order valence-electron chi connectivity index (χ0n) is 13.4. The van der Waals surface area contributed by atoms with Gasteiger partial charge >= 0.3 is 0 Å². The number of benzene rings is 1. The summed E-state index contributed by atoms with van der Waals surface area (Å²) >= 11 is 0. The molecule has 1 atom stereocenters. The van der Waals surface area contributed by atoms with Crippen LogP contribution in [0.3, 0.4) is 0 Å². The third kappa shape index (κ3) is 4.88. The highest BCUT2D eigenvalue weighted by atomic mass is 32.2. The molecule has 2 rings (SSSR count). The van der Waals surface area contributed by atoms with Gasteiger partial charge in [-0.3, -0.25) is 0 Å². The fourth-order valence-electron chi connectivity index (χ4n) is 2.68. The van der Waals surface area contributed by atoms with E-state index in [1.54, 1.807) is 7.11 Å². The number of methoxy groups -OCH3 is 1. The quantitative estimate of drug-likeness (QED) is 0.796. The first-order chi connectivity index (χ1) is 10.5. The number of hydrogen-bond donors (Lipinski definition) is 1. The Bertz CT molecular complexity index is 557. The van der Waals surface area contributed by atoms with E-state index in [0.717, 1.165) is 43.8 Å². The van der Waals surface area contributed by atoms with Gasteiger partial charge in [-0.1, -0.05) is 13.3 Å². The van der Waals surface area contributed by atoms with Crippen molar-refractivity contribution in [3.05, 3.63) is 24.3 Å². The SMILES string of the molecule is CCCCS(=O)(=O)NCC1CCN(c2ccc(OC)cc2)C1. The molecule has 6 heteroatoms. The molecule has 5 nitrogen and oxygen atoms in total. The van der Waals surface area contributed by atoms with Crippen LogP contribution in [0.5, 0.6) is 5.75 Å². The third-order valence-electron chi connectivity index (χ3n) is 4.08. The molecule has 22 heavy (non-hydrogen) atoms. The van der Waals surface area contributed by atoms with E-state index in [1.165, 1.54) is 0 Å². The van der Waals surface area contributed by atoms with Crippen LogP contribution in [-0.2, 0) is 10.0 Å². The first-order valence-corrected chi connectivity index (χ1v) is 9.55. The second-order valence-electron chi connectivity index (χ2n) is 5.82. The summed E-state index contributed by atoms with van der Waals surface area (Å²) in [5, 5.41) is 0. The maximum absolute atomic E-state index is 11.8. The van der Waals surface area contributed by atoms with Crippen LogP contribution in [0.15, 0.2) is 24.3 Å². The highest BCUT2D eigenvalue weighted by molar-refractivity contribution is 7.89. The van der Waals surface area contributed by atoms with E-state index in [9.17, 15) is 8.42 Å². The van der Waals surface area contributed by atoms with Gasteiger partial charge in [-0.2, -0.15) is 0 Å². The number of nitrogens with zero attached hydrogens (tertiary/aromatic N) is 1. The normalized spacial score (nSPS) is 18.6. The van der Waals surface area contributed by atoms with Gasteiger partial charge in [0.15, 0.2) is 0 Å². The summed E-state index contributed by atoms with van der Waals surface area (Å²) in [7, 11) is -1.45. The number of ether oxygens (including phenoxy) is 1. The lowest BCUT2D eigenvalue weighted by molar-refractivity contribution is 0.415. The molecule has 1 unspecified atom stereocenters. The molecule has 1 N–H and O–H groups in total. The van der Waals surface area contributed by atoms with Crippen molar-refractivity contribution in [1.82, 2.24) is 4.72 Å². The van der Waals surface area contributed by atoms with Crippen molar-refractivity contribution in [2.45, 2.75) is 26.2 Å². The summed E-state index contributed by atoms with van der Waals surface area (Å²) in [6.07, 6.45) is 2.63. The van der Waals surface area contributed by atoms with Crippen LogP contribution in [0, 0.1) is 5.92 Å². The van der Waals surface area contributed by atoms with Gasteiger partial charge in [0.05, 0.1) is 12.9 Å². The van der Waals surface area contributed by atoms with Crippen LogP contribution in [0.1, 0.15) is 26.2 Å². The van der Waals surface area contributed by atoms with Crippen molar-refractivity contribution in [3.8, 4) is 5.75 Å². The van der Waals surface area contributed by atoms with Gasteiger partial charge in [-0.05, 0) is 43.0 Å². The molecule has 0 spiro atoms. The Balaban J connectivity index is 1.82. The van der Waals surface area contributed by atoms with Crippen LogP contribution in [0.25, 0.3) is 0 Å². The smallest absolute Gasteiger partial charge is 0.211 e. The van der Waals surface area contributed by atoms with Crippen LogP contribution in [0.4, 0.5) is 5.69 Å². The van der Waals surface area contributed by atoms with Gasteiger partial charge < -0.3 is 9.64 Å². The average Bonchev–Trinajstić information content (AvgIpc) is 3.00. The summed E-state index contributed by atoms with van der Waals surface area (Å²) in [6.45, 7) is 4.40. The Labute approximate surface area is 133 Å². The lowest BCUT2D eigenvalue weighted by Gasteiger charge is -2.19. The second-order valence-corrected chi connectivity index (χ2v) is 7.75. The number of hydrogen-bond acceptors (Lipinski definition) is 4. The van der Waals surface area contributed by atoms with Crippen molar-refractivity contribution in [1.29, 1.82) is 0 Å². The molecule has 1 aromatic rings. The van der Waals surface area contributed by atoms with Gasteiger partial charge in [-0.25, -0.2) is 13.1 Å². The fourth-order valence-corrected chi connectivity index (χ4v) is 3.98. The molecule has 1 fully saturated rings. The Hall–Kier alpha value is -1.27. The molecule has 0 amide bonds. The summed E-state index contributed by atoms with van der Waals surface area (Å²) in [6, 6.07) is 8.01. The number of anilines is 1.